The third-order valence-electron chi connectivity index (χ3n) is 4.95. The summed E-state index contributed by atoms with van der Waals surface area (Å²) in [5.41, 5.74) is 3.40. The number of hydrogen-bond donors (Lipinski definition) is 1. The summed E-state index contributed by atoms with van der Waals surface area (Å²) in [6.45, 7) is 4.41. The van der Waals surface area contributed by atoms with Gasteiger partial charge in [0.1, 0.15) is 11.6 Å². The highest BCUT2D eigenvalue weighted by molar-refractivity contribution is 6.04. The van der Waals surface area contributed by atoms with Gasteiger partial charge in [0.05, 0.1) is 11.6 Å². The van der Waals surface area contributed by atoms with Crippen LogP contribution in [-0.4, -0.2) is 16.5 Å². The third kappa shape index (κ3) is 4.36. The number of nitrogens with zero attached hydrogens (tertiary/aromatic N) is 3. The Morgan fingerprint density at radius 3 is 2.62 bits per heavy atom. The lowest BCUT2D eigenvalue weighted by Gasteiger charge is -2.10. The second-order valence-electron chi connectivity index (χ2n) is 6.95. The minimum atomic E-state index is -0.367. The number of para-hydroxylation sites is 1. The van der Waals surface area contributed by atoms with E-state index in [-0.39, 0.29) is 17.5 Å². The lowest BCUT2D eigenvalue weighted by molar-refractivity contribution is -0.117. The number of benzene rings is 2. The Hall–Kier alpha value is -3.83. The molecule has 1 amide bonds. The van der Waals surface area contributed by atoms with Gasteiger partial charge < -0.3 is 9.88 Å². The summed E-state index contributed by atoms with van der Waals surface area (Å²) in [7, 11) is 0. The molecule has 0 aliphatic carbocycles. The van der Waals surface area contributed by atoms with Gasteiger partial charge in [0.15, 0.2) is 0 Å². The Labute approximate surface area is 170 Å². The first-order valence-electron chi connectivity index (χ1n) is 9.56. The van der Waals surface area contributed by atoms with E-state index in [1.165, 1.54) is 0 Å². The fourth-order valence-electron chi connectivity index (χ4n) is 3.18. The number of fused-ring (bicyclic) bond motifs is 1. The van der Waals surface area contributed by atoms with Crippen LogP contribution in [0.15, 0.2) is 60.3 Å². The molecule has 0 aliphatic heterocycles. The molecule has 29 heavy (non-hydrogen) atoms. The lowest BCUT2D eigenvalue weighted by atomic mass is 10.1. The van der Waals surface area contributed by atoms with Crippen LogP contribution in [0.1, 0.15) is 37.0 Å². The van der Waals surface area contributed by atoms with Crippen LogP contribution in [0, 0.1) is 22.7 Å². The van der Waals surface area contributed by atoms with Crippen molar-refractivity contribution in [3.8, 4) is 12.1 Å². The third-order valence-corrected chi connectivity index (χ3v) is 4.95. The van der Waals surface area contributed by atoms with Gasteiger partial charge in [-0.3, -0.25) is 4.79 Å². The van der Waals surface area contributed by atoms with Crippen LogP contribution in [0.5, 0.6) is 0 Å². The number of carbonyl (C=O) groups is 1. The number of nitrogens with one attached hydrogen (secondary N) is 1. The van der Waals surface area contributed by atoms with E-state index in [1.54, 1.807) is 12.1 Å². The minimum absolute atomic E-state index is 0.00285. The molecule has 5 heteroatoms. The first-order chi connectivity index (χ1) is 14.1. The average Bonchev–Trinajstić information content (AvgIpc) is 3.09. The maximum atomic E-state index is 12.4. The SMILES string of the molecule is CC[C@@H](C)NC(=O)/C(C#N)=C/c1cn(Cc2ccccc2C#N)c2ccccc12. The van der Waals surface area contributed by atoms with E-state index in [1.807, 2.05) is 73.1 Å². The van der Waals surface area contributed by atoms with Crippen molar-refractivity contribution < 1.29 is 4.79 Å². The first-order valence-corrected chi connectivity index (χ1v) is 9.56. The predicted molar refractivity (Wildman–Crippen MR) is 114 cm³/mol. The number of hydrogen-bond acceptors (Lipinski definition) is 3. The van der Waals surface area contributed by atoms with Crippen LogP contribution in [0.25, 0.3) is 17.0 Å². The van der Waals surface area contributed by atoms with Crippen LogP contribution >= 0.6 is 0 Å². The molecule has 144 valence electrons. The summed E-state index contributed by atoms with van der Waals surface area (Å²) in [5, 5.41) is 22.7. The van der Waals surface area contributed by atoms with Gasteiger partial charge in [-0.2, -0.15) is 10.5 Å². The topological polar surface area (TPSA) is 81.6 Å². The molecule has 0 unspecified atom stereocenters. The van der Waals surface area contributed by atoms with Crippen molar-refractivity contribution in [2.24, 2.45) is 0 Å². The Kier molecular flexibility index (Phi) is 6.12. The van der Waals surface area contributed by atoms with Crippen molar-refractivity contribution >= 4 is 22.9 Å². The molecule has 2 aromatic carbocycles. The highest BCUT2D eigenvalue weighted by Crippen LogP contribution is 2.25. The summed E-state index contributed by atoms with van der Waals surface area (Å²) in [5.74, 6) is -0.367. The predicted octanol–water partition coefficient (Wildman–Crippen LogP) is 4.38. The number of nitriles is 2. The van der Waals surface area contributed by atoms with E-state index in [2.05, 4.69) is 11.4 Å². The molecule has 5 nitrogen and oxygen atoms in total. The Balaban J connectivity index is 2.03. The van der Waals surface area contributed by atoms with Crippen molar-refractivity contribution in [3.05, 3.63) is 77.0 Å². The highest BCUT2D eigenvalue weighted by atomic mass is 16.1. The van der Waals surface area contributed by atoms with Gasteiger partial charge in [0, 0.05) is 35.2 Å². The summed E-state index contributed by atoms with van der Waals surface area (Å²) in [6, 6.07) is 19.6. The van der Waals surface area contributed by atoms with Crippen LogP contribution in [0.4, 0.5) is 0 Å². The zero-order chi connectivity index (χ0) is 20.8. The van der Waals surface area contributed by atoms with E-state index >= 15 is 0 Å². The normalized spacial score (nSPS) is 12.2. The molecule has 1 aromatic heterocycles. The second kappa shape index (κ2) is 8.91. The van der Waals surface area contributed by atoms with Crippen LogP contribution in [0.2, 0.25) is 0 Å². The maximum Gasteiger partial charge on any atom is 0.262 e. The van der Waals surface area contributed by atoms with Crippen LogP contribution in [-0.2, 0) is 11.3 Å². The first kappa shape index (κ1) is 19.9. The van der Waals surface area contributed by atoms with Gasteiger partial charge in [-0.05, 0) is 37.1 Å². The van der Waals surface area contributed by atoms with Crippen LogP contribution in [0.3, 0.4) is 0 Å². The standard InChI is InChI=1S/C24H22N4O/c1-3-17(2)27-24(29)20(14-26)12-21-16-28(23-11-7-6-10-22(21)23)15-19-9-5-4-8-18(19)13-25/h4-12,16-17H,3,15H2,1-2H3,(H,27,29)/b20-12+/t17-/m1/s1. The van der Waals surface area contributed by atoms with E-state index in [4.69, 9.17) is 0 Å². The molecule has 0 saturated carbocycles. The monoisotopic (exact) mass is 382 g/mol. The van der Waals surface area contributed by atoms with Crippen molar-refractivity contribution in [2.75, 3.05) is 0 Å². The summed E-state index contributed by atoms with van der Waals surface area (Å²) in [4.78, 5) is 12.4. The van der Waals surface area contributed by atoms with E-state index in [0.29, 0.717) is 12.1 Å². The van der Waals surface area contributed by atoms with Gasteiger partial charge in [0.2, 0.25) is 0 Å². The van der Waals surface area contributed by atoms with Crippen molar-refractivity contribution in [1.82, 2.24) is 9.88 Å². The molecule has 0 aliphatic rings. The smallest absolute Gasteiger partial charge is 0.262 e. The zero-order valence-electron chi connectivity index (χ0n) is 16.5. The van der Waals surface area contributed by atoms with Gasteiger partial charge in [-0.25, -0.2) is 0 Å². The quantitative estimate of drug-likeness (QED) is 0.507. The van der Waals surface area contributed by atoms with Crippen molar-refractivity contribution in [1.29, 1.82) is 10.5 Å². The molecule has 0 spiro atoms. The van der Waals surface area contributed by atoms with Gasteiger partial charge in [-0.15, -0.1) is 0 Å². The number of amides is 1. The van der Waals surface area contributed by atoms with E-state index in [9.17, 15) is 15.3 Å². The molecule has 1 N–H and O–H groups in total. The lowest BCUT2D eigenvalue weighted by Crippen LogP contribution is -2.32. The molecular weight excluding hydrogens is 360 g/mol. The number of carbonyl (C=O) groups excluding carboxylic acids is 1. The van der Waals surface area contributed by atoms with Gasteiger partial charge in [-0.1, -0.05) is 43.3 Å². The van der Waals surface area contributed by atoms with Crippen molar-refractivity contribution in [3.63, 3.8) is 0 Å². The summed E-state index contributed by atoms with van der Waals surface area (Å²) < 4.78 is 2.04. The van der Waals surface area contributed by atoms with E-state index in [0.717, 1.165) is 28.5 Å². The molecular formula is C24H22N4O. The molecule has 1 heterocycles. The fraction of sp³-hybridized carbons (Fsp3) is 0.208. The fourth-order valence-corrected chi connectivity index (χ4v) is 3.18. The molecule has 3 aromatic rings. The molecule has 0 bridgehead atoms. The van der Waals surface area contributed by atoms with Gasteiger partial charge >= 0.3 is 0 Å². The Morgan fingerprint density at radius 2 is 1.90 bits per heavy atom. The van der Waals surface area contributed by atoms with Gasteiger partial charge in [0.25, 0.3) is 5.91 Å². The largest absolute Gasteiger partial charge is 0.349 e. The molecule has 3 rings (SSSR count). The number of aromatic nitrogens is 1. The van der Waals surface area contributed by atoms with Crippen molar-refractivity contribution in [2.45, 2.75) is 32.9 Å². The maximum absolute atomic E-state index is 12.4. The Morgan fingerprint density at radius 1 is 1.17 bits per heavy atom. The molecule has 0 fully saturated rings. The minimum Gasteiger partial charge on any atom is -0.349 e. The highest BCUT2D eigenvalue weighted by Gasteiger charge is 2.14. The number of rotatable bonds is 6. The summed E-state index contributed by atoms with van der Waals surface area (Å²) in [6.07, 6.45) is 4.35. The summed E-state index contributed by atoms with van der Waals surface area (Å²) >= 11 is 0. The van der Waals surface area contributed by atoms with E-state index < -0.39 is 0 Å². The zero-order valence-corrected chi connectivity index (χ0v) is 16.5. The molecule has 0 radical (unpaired) electrons. The molecule has 1 atom stereocenters. The van der Waals surface area contributed by atoms with Crippen LogP contribution < -0.4 is 5.32 Å². The average molecular weight is 382 g/mol. The second-order valence-corrected chi connectivity index (χ2v) is 6.95. The molecule has 0 saturated heterocycles. The Bertz CT molecular complexity index is 1160.